The molecule has 2 rings (SSSR count). The lowest BCUT2D eigenvalue weighted by Gasteiger charge is -2.04. The zero-order valence-corrected chi connectivity index (χ0v) is 9.61. The molecule has 0 aliphatic heterocycles. The SMILES string of the molecule is [B]c1cn(C)c(=O)c2[nH]cc(C(=O)OCC)c12. The van der Waals surface area contributed by atoms with Crippen LogP contribution in [-0.2, 0) is 11.8 Å². The number of aromatic amines is 1. The maximum Gasteiger partial charge on any atom is 0.340 e. The molecule has 5 nitrogen and oxygen atoms in total. The number of rotatable bonds is 2. The lowest BCUT2D eigenvalue weighted by molar-refractivity contribution is 0.0529. The number of hydrogen-bond acceptors (Lipinski definition) is 3. The number of aryl methyl sites for hydroxylation is 1. The fourth-order valence-electron chi connectivity index (χ4n) is 1.77. The van der Waals surface area contributed by atoms with Crippen LogP contribution < -0.4 is 11.0 Å². The molecule has 0 amide bonds. The van der Waals surface area contributed by atoms with Gasteiger partial charge in [0.25, 0.3) is 5.56 Å². The van der Waals surface area contributed by atoms with Gasteiger partial charge in [-0.1, -0.05) is 5.46 Å². The molecule has 0 bridgehead atoms. The number of esters is 1. The van der Waals surface area contributed by atoms with Crippen LogP contribution in [0.5, 0.6) is 0 Å². The highest BCUT2D eigenvalue weighted by atomic mass is 16.5. The summed E-state index contributed by atoms with van der Waals surface area (Å²) >= 11 is 0. The van der Waals surface area contributed by atoms with Crippen molar-refractivity contribution in [2.75, 3.05) is 6.61 Å². The van der Waals surface area contributed by atoms with Gasteiger partial charge in [-0.25, -0.2) is 4.79 Å². The van der Waals surface area contributed by atoms with E-state index in [9.17, 15) is 9.59 Å². The lowest BCUT2D eigenvalue weighted by atomic mass is 9.92. The predicted octanol–water partition coefficient (Wildman–Crippen LogP) is -0.163. The molecule has 0 aliphatic rings. The minimum Gasteiger partial charge on any atom is -0.462 e. The van der Waals surface area contributed by atoms with Crippen LogP contribution in [0.2, 0.25) is 0 Å². The van der Waals surface area contributed by atoms with E-state index in [0.717, 1.165) is 0 Å². The molecular formula is C11H11BN2O3. The fraction of sp³-hybridized carbons (Fsp3) is 0.273. The second-order valence-electron chi connectivity index (χ2n) is 3.67. The van der Waals surface area contributed by atoms with Crippen LogP contribution in [0.4, 0.5) is 0 Å². The minimum atomic E-state index is -0.487. The van der Waals surface area contributed by atoms with E-state index in [-0.39, 0.29) is 17.7 Å². The van der Waals surface area contributed by atoms with Gasteiger partial charge in [0.05, 0.1) is 12.2 Å². The summed E-state index contributed by atoms with van der Waals surface area (Å²) in [5.74, 6) is -0.487. The van der Waals surface area contributed by atoms with Gasteiger partial charge >= 0.3 is 5.97 Å². The van der Waals surface area contributed by atoms with Gasteiger partial charge in [-0.3, -0.25) is 4.79 Å². The predicted molar refractivity (Wildman–Crippen MR) is 64.9 cm³/mol. The van der Waals surface area contributed by atoms with Crippen molar-refractivity contribution >= 4 is 30.2 Å². The summed E-state index contributed by atoms with van der Waals surface area (Å²) in [5.41, 5.74) is 0.740. The van der Waals surface area contributed by atoms with Crippen LogP contribution in [0, 0.1) is 0 Å². The van der Waals surface area contributed by atoms with Crippen LogP contribution in [-0.4, -0.2) is 30.0 Å². The van der Waals surface area contributed by atoms with Gasteiger partial charge in [-0.05, 0) is 6.92 Å². The molecule has 6 heteroatoms. The Hall–Kier alpha value is -1.98. The second kappa shape index (κ2) is 4.12. The summed E-state index contributed by atoms with van der Waals surface area (Å²) in [6, 6.07) is 0. The molecule has 1 N–H and O–H groups in total. The standard InChI is InChI=1S/C11H11BN2O3/c1-3-17-11(16)6-4-13-9-8(6)7(12)5-14(2)10(9)15/h4-5,13H,3H2,1-2H3. The number of aromatic nitrogens is 2. The molecule has 0 atom stereocenters. The van der Waals surface area contributed by atoms with Crippen LogP contribution in [0.3, 0.4) is 0 Å². The lowest BCUT2D eigenvalue weighted by Crippen LogP contribution is -2.23. The number of nitrogens with zero attached hydrogens (tertiary/aromatic N) is 1. The normalized spacial score (nSPS) is 10.7. The van der Waals surface area contributed by atoms with Crippen molar-refractivity contribution in [3.05, 3.63) is 28.3 Å². The number of carbonyl (C=O) groups is 1. The Kier molecular flexibility index (Phi) is 2.79. The van der Waals surface area contributed by atoms with E-state index in [4.69, 9.17) is 12.6 Å². The first kappa shape index (κ1) is 11.5. The first-order valence-electron chi connectivity index (χ1n) is 5.19. The van der Waals surface area contributed by atoms with Gasteiger partial charge in [0.15, 0.2) is 0 Å². The summed E-state index contributed by atoms with van der Waals surface area (Å²) in [4.78, 5) is 26.2. The Morgan fingerprint density at radius 2 is 2.29 bits per heavy atom. The molecule has 0 aliphatic carbocycles. The Labute approximate surface area is 98.8 Å². The average molecular weight is 230 g/mol. The van der Waals surface area contributed by atoms with Gasteiger partial charge in [-0.15, -0.1) is 0 Å². The third kappa shape index (κ3) is 1.75. The monoisotopic (exact) mass is 230 g/mol. The highest BCUT2D eigenvalue weighted by Crippen LogP contribution is 2.13. The van der Waals surface area contributed by atoms with E-state index >= 15 is 0 Å². The van der Waals surface area contributed by atoms with Crippen LogP contribution in [0.25, 0.3) is 10.9 Å². The Balaban J connectivity index is 2.73. The van der Waals surface area contributed by atoms with E-state index in [1.165, 1.54) is 17.0 Å². The highest BCUT2D eigenvalue weighted by molar-refractivity contribution is 6.39. The van der Waals surface area contributed by atoms with Crippen molar-refractivity contribution in [2.24, 2.45) is 7.05 Å². The van der Waals surface area contributed by atoms with E-state index < -0.39 is 5.97 Å². The smallest absolute Gasteiger partial charge is 0.340 e. The molecule has 17 heavy (non-hydrogen) atoms. The Bertz CT molecular complexity index is 642. The quantitative estimate of drug-likeness (QED) is 0.575. The van der Waals surface area contributed by atoms with Crippen LogP contribution >= 0.6 is 0 Å². The first-order valence-corrected chi connectivity index (χ1v) is 5.19. The second-order valence-corrected chi connectivity index (χ2v) is 3.67. The Morgan fingerprint density at radius 1 is 1.59 bits per heavy atom. The third-order valence-corrected chi connectivity index (χ3v) is 2.53. The molecule has 0 fully saturated rings. The molecule has 86 valence electrons. The van der Waals surface area contributed by atoms with E-state index in [1.54, 1.807) is 14.0 Å². The summed E-state index contributed by atoms with van der Waals surface area (Å²) in [5, 5.41) is 0.423. The molecule has 2 radical (unpaired) electrons. The molecule has 0 saturated carbocycles. The number of H-pyrrole nitrogens is 1. The summed E-state index contributed by atoms with van der Waals surface area (Å²) in [6.07, 6.45) is 2.93. The molecule has 2 aromatic rings. The largest absolute Gasteiger partial charge is 0.462 e. The molecule has 0 saturated heterocycles. The summed E-state index contributed by atoms with van der Waals surface area (Å²) < 4.78 is 6.26. The molecule has 0 spiro atoms. The van der Waals surface area contributed by atoms with E-state index in [1.807, 2.05) is 0 Å². The summed E-state index contributed by atoms with van der Waals surface area (Å²) in [7, 11) is 7.42. The van der Waals surface area contributed by atoms with Gasteiger partial charge < -0.3 is 14.3 Å². The maximum absolute atomic E-state index is 11.8. The van der Waals surface area contributed by atoms with Crippen molar-refractivity contribution in [1.29, 1.82) is 0 Å². The zero-order chi connectivity index (χ0) is 12.6. The number of ether oxygens (including phenoxy) is 1. The Morgan fingerprint density at radius 3 is 2.94 bits per heavy atom. The number of hydrogen-bond donors (Lipinski definition) is 1. The molecule has 0 unspecified atom stereocenters. The average Bonchev–Trinajstić information content (AvgIpc) is 2.71. The number of fused-ring (bicyclic) bond motifs is 1. The van der Waals surface area contributed by atoms with Crippen molar-refractivity contribution < 1.29 is 9.53 Å². The van der Waals surface area contributed by atoms with Gasteiger partial charge in [-0.2, -0.15) is 0 Å². The van der Waals surface area contributed by atoms with Crippen molar-refractivity contribution in [3.8, 4) is 0 Å². The van der Waals surface area contributed by atoms with Crippen LogP contribution in [0.15, 0.2) is 17.2 Å². The van der Waals surface area contributed by atoms with E-state index in [2.05, 4.69) is 4.98 Å². The number of nitrogens with one attached hydrogen (secondary N) is 1. The van der Waals surface area contributed by atoms with Crippen LogP contribution in [0.1, 0.15) is 17.3 Å². The van der Waals surface area contributed by atoms with Gasteiger partial charge in [0, 0.05) is 24.8 Å². The number of carbonyl (C=O) groups excluding carboxylic acids is 1. The summed E-state index contributed by atoms with van der Waals surface area (Å²) in [6.45, 7) is 1.99. The molecule has 2 heterocycles. The third-order valence-electron chi connectivity index (χ3n) is 2.53. The minimum absolute atomic E-state index is 0.232. The van der Waals surface area contributed by atoms with Crippen molar-refractivity contribution in [1.82, 2.24) is 9.55 Å². The van der Waals surface area contributed by atoms with Gasteiger partial charge in [0.1, 0.15) is 13.4 Å². The first-order chi connectivity index (χ1) is 8.06. The van der Waals surface area contributed by atoms with Gasteiger partial charge in [0.2, 0.25) is 0 Å². The van der Waals surface area contributed by atoms with E-state index in [0.29, 0.717) is 16.4 Å². The fourth-order valence-corrected chi connectivity index (χ4v) is 1.77. The molecular weight excluding hydrogens is 219 g/mol. The highest BCUT2D eigenvalue weighted by Gasteiger charge is 2.16. The zero-order valence-electron chi connectivity index (χ0n) is 9.61. The van der Waals surface area contributed by atoms with Crippen molar-refractivity contribution in [3.63, 3.8) is 0 Å². The topological polar surface area (TPSA) is 64.1 Å². The van der Waals surface area contributed by atoms with Crippen molar-refractivity contribution in [2.45, 2.75) is 6.92 Å². The number of pyridine rings is 1. The maximum atomic E-state index is 11.8. The molecule has 0 aromatic carbocycles. The molecule has 2 aromatic heterocycles.